The highest BCUT2D eigenvalue weighted by Crippen LogP contribution is 2.19. The minimum atomic E-state index is -0.630. The Morgan fingerprint density at radius 2 is 1.90 bits per heavy atom. The van der Waals surface area contributed by atoms with Crippen molar-refractivity contribution in [3.63, 3.8) is 0 Å². The summed E-state index contributed by atoms with van der Waals surface area (Å²) in [5.41, 5.74) is -1.84. The molecule has 2 N–H and O–H groups in total. The van der Waals surface area contributed by atoms with Crippen LogP contribution in [0.3, 0.4) is 0 Å². The third kappa shape index (κ3) is 4.58. The number of H-pyrrole nitrogens is 1. The van der Waals surface area contributed by atoms with E-state index in [2.05, 4.69) is 16.9 Å². The molecule has 0 unspecified atom stereocenters. The Bertz CT molecular complexity index is 606. The van der Waals surface area contributed by atoms with Gasteiger partial charge < -0.3 is 5.11 Å². The Kier molecular flexibility index (Phi) is 5.93. The molecule has 0 aliphatic rings. The lowest BCUT2D eigenvalue weighted by molar-refractivity contribution is 0.305. The fourth-order valence-electron chi connectivity index (χ4n) is 2.06. The lowest BCUT2D eigenvalue weighted by Crippen LogP contribution is -2.40. The van der Waals surface area contributed by atoms with Gasteiger partial charge in [-0.3, -0.25) is 19.3 Å². The summed E-state index contributed by atoms with van der Waals surface area (Å²) >= 11 is 0. The predicted molar refractivity (Wildman–Crippen MR) is 84.6 cm³/mol. The number of aromatic nitrogens is 2. The first-order chi connectivity index (χ1) is 9.79. The molecule has 118 valence electrons. The van der Waals surface area contributed by atoms with E-state index in [1.165, 1.54) is 6.21 Å². The van der Waals surface area contributed by atoms with Gasteiger partial charge in [0.1, 0.15) is 5.56 Å². The van der Waals surface area contributed by atoms with Crippen LogP contribution in [0.15, 0.2) is 14.6 Å². The van der Waals surface area contributed by atoms with Crippen molar-refractivity contribution < 1.29 is 5.11 Å². The van der Waals surface area contributed by atoms with Crippen molar-refractivity contribution >= 4 is 6.21 Å². The first kappa shape index (κ1) is 17.2. The van der Waals surface area contributed by atoms with Crippen molar-refractivity contribution in [2.24, 2.45) is 4.99 Å². The molecule has 1 aromatic heterocycles. The lowest BCUT2D eigenvalue weighted by atomic mass is 10.1. The van der Waals surface area contributed by atoms with Crippen LogP contribution in [0.4, 0.5) is 0 Å². The quantitative estimate of drug-likeness (QED) is 0.621. The second kappa shape index (κ2) is 7.24. The predicted octanol–water partition coefficient (Wildman–Crippen LogP) is 2.00. The third-order valence-electron chi connectivity index (χ3n) is 3.15. The van der Waals surface area contributed by atoms with Crippen LogP contribution in [0, 0.1) is 0 Å². The molecule has 0 aliphatic heterocycles. The average Bonchev–Trinajstić information content (AvgIpc) is 2.34. The smallest absolute Gasteiger partial charge is 0.331 e. The number of hydrogen-bond acceptors (Lipinski definition) is 4. The second-order valence-electron chi connectivity index (χ2n) is 6.10. The summed E-state index contributed by atoms with van der Waals surface area (Å²) < 4.78 is 1.16. The fraction of sp³-hybridized carbons (Fsp3) is 0.667. The van der Waals surface area contributed by atoms with Crippen LogP contribution in [-0.2, 0) is 5.54 Å². The molecule has 0 saturated heterocycles. The Morgan fingerprint density at radius 3 is 2.48 bits per heavy atom. The van der Waals surface area contributed by atoms with Gasteiger partial charge in [-0.25, -0.2) is 4.79 Å². The molecule has 0 saturated carbocycles. The average molecular weight is 295 g/mol. The zero-order chi connectivity index (χ0) is 16.0. The molecule has 6 heteroatoms. The molecule has 0 fully saturated rings. The van der Waals surface area contributed by atoms with E-state index >= 15 is 0 Å². The lowest BCUT2D eigenvalue weighted by Gasteiger charge is -2.23. The van der Waals surface area contributed by atoms with E-state index in [1.807, 2.05) is 0 Å². The van der Waals surface area contributed by atoms with Gasteiger partial charge in [-0.05, 0) is 27.2 Å². The van der Waals surface area contributed by atoms with Gasteiger partial charge in [-0.1, -0.05) is 26.2 Å². The number of aromatic amines is 1. The maximum Gasteiger partial charge on any atom is 0.331 e. The summed E-state index contributed by atoms with van der Waals surface area (Å²) in [6, 6.07) is 0. The maximum absolute atomic E-state index is 11.8. The van der Waals surface area contributed by atoms with Gasteiger partial charge in [0.25, 0.3) is 5.56 Å². The molecule has 0 aliphatic carbocycles. The molecule has 0 bridgehead atoms. The van der Waals surface area contributed by atoms with Gasteiger partial charge >= 0.3 is 5.69 Å². The van der Waals surface area contributed by atoms with Crippen molar-refractivity contribution in [3.05, 3.63) is 26.4 Å². The van der Waals surface area contributed by atoms with Gasteiger partial charge in [0.2, 0.25) is 5.88 Å². The van der Waals surface area contributed by atoms with Crippen LogP contribution >= 0.6 is 0 Å². The minimum absolute atomic E-state index is 0.0278. The van der Waals surface area contributed by atoms with Crippen LogP contribution in [0.2, 0.25) is 0 Å². The molecule has 1 heterocycles. The molecule has 0 atom stereocenters. The number of aromatic hydroxyl groups is 1. The Hall–Kier alpha value is -1.85. The van der Waals surface area contributed by atoms with Crippen molar-refractivity contribution in [3.8, 4) is 5.88 Å². The molecule has 0 radical (unpaired) electrons. The van der Waals surface area contributed by atoms with Crippen molar-refractivity contribution in [1.29, 1.82) is 0 Å². The van der Waals surface area contributed by atoms with E-state index in [0.717, 1.165) is 30.3 Å². The largest absolute Gasteiger partial charge is 0.494 e. The zero-order valence-corrected chi connectivity index (χ0v) is 13.3. The van der Waals surface area contributed by atoms with E-state index in [1.54, 1.807) is 20.8 Å². The monoisotopic (exact) mass is 295 g/mol. The van der Waals surface area contributed by atoms with Crippen molar-refractivity contribution in [2.45, 2.75) is 58.9 Å². The number of hydrogen-bond donors (Lipinski definition) is 2. The maximum atomic E-state index is 11.8. The summed E-state index contributed by atoms with van der Waals surface area (Å²) in [5, 5.41) is 10.2. The van der Waals surface area contributed by atoms with Crippen LogP contribution in [0.5, 0.6) is 5.88 Å². The number of aliphatic imine (C=N–C) groups is 1. The van der Waals surface area contributed by atoms with Crippen molar-refractivity contribution in [2.75, 3.05) is 6.54 Å². The molecule has 1 rings (SSSR count). The van der Waals surface area contributed by atoms with Crippen molar-refractivity contribution in [1.82, 2.24) is 9.55 Å². The molecule has 0 spiro atoms. The summed E-state index contributed by atoms with van der Waals surface area (Å²) in [6.07, 6.45) is 5.71. The normalized spacial score (nSPS) is 12.2. The van der Waals surface area contributed by atoms with Gasteiger partial charge in [-0.2, -0.15) is 0 Å². The van der Waals surface area contributed by atoms with Gasteiger partial charge in [0.15, 0.2) is 0 Å². The number of nitrogens with one attached hydrogen (secondary N) is 1. The molecule has 0 amide bonds. The summed E-state index contributed by atoms with van der Waals surface area (Å²) in [6.45, 7) is 8.07. The van der Waals surface area contributed by atoms with E-state index in [9.17, 15) is 14.7 Å². The fourth-order valence-corrected chi connectivity index (χ4v) is 2.06. The summed E-state index contributed by atoms with van der Waals surface area (Å²) in [7, 11) is 0. The van der Waals surface area contributed by atoms with E-state index < -0.39 is 16.8 Å². The molecule has 21 heavy (non-hydrogen) atoms. The number of rotatable bonds is 6. The first-order valence-electron chi connectivity index (χ1n) is 7.37. The SMILES string of the molecule is CCCCCCN=Cc1c(O)n(C(C)(C)C)c(=O)[nH]c1=O. The Labute approximate surface area is 124 Å². The topological polar surface area (TPSA) is 87.4 Å². The van der Waals surface area contributed by atoms with Gasteiger partial charge in [-0.15, -0.1) is 0 Å². The highest BCUT2D eigenvalue weighted by atomic mass is 16.3. The minimum Gasteiger partial charge on any atom is -0.494 e. The van der Waals surface area contributed by atoms with E-state index in [-0.39, 0.29) is 11.4 Å². The van der Waals surface area contributed by atoms with Gasteiger partial charge in [0, 0.05) is 18.3 Å². The molecule has 0 aromatic carbocycles. The van der Waals surface area contributed by atoms with Crippen LogP contribution in [0.1, 0.15) is 58.9 Å². The van der Waals surface area contributed by atoms with Gasteiger partial charge in [0.05, 0.1) is 0 Å². The number of nitrogens with zero attached hydrogens (tertiary/aromatic N) is 2. The van der Waals surface area contributed by atoms with Crippen LogP contribution in [-0.4, -0.2) is 27.4 Å². The summed E-state index contributed by atoms with van der Waals surface area (Å²) in [5.74, 6) is -0.339. The van der Waals surface area contributed by atoms with Crippen LogP contribution in [0.25, 0.3) is 0 Å². The summed E-state index contributed by atoms with van der Waals surface area (Å²) in [4.78, 5) is 30.0. The number of unbranched alkanes of at least 4 members (excludes halogenated alkanes) is 3. The molecular formula is C15H25N3O3. The molecule has 6 nitrogen and oxygen atoms in total. The second-order valence-corrected chi connectivity index (χ2v) is 6.10. The standard InChI is InChI=1S/C15H25N3O3/c1-5-6-7-8-9-16-10-11-12(19)17-14(21)18(13(11)20)15(2,3)4/h10,20H,5-9H2,1-4H3,(H,17,19,21). The van der Waals surface area contributed by atoms with E-state index in [0.29, 0.717) is 6.54 Å². The highest BCUT2D eigenvalue weighted by molar-refractivity contribution is 5.81. The Morgan fingerprint density at radius 1 is 1.24 bits per heavy atom. The van der Waals surface area contributed by atoms with Crippen LogP contribution < -0.4 is 11.2 Å². The third-order valence-corrected chi connectivity index (χ3v) is 3.15. The Balaban J connectivity index is 3.01. The molecule has 1 aromatic rings. The highest BCUT2D eigenvalue weighted by Gasteiger charge is 2.22. The van der Waals surface area contributed by atoms with E-state index in [4.69, 9.17) is 0 Å². The zero-order valence-electron chi connectivity index (χ0n) is 13.3. The first-order valence-corrected chi connectivity index (χ1v) is 7.37. The molecular weight excluding hydrogens is 270 g/mol.